The Bertz CT molecular complexity index is 116. The number of hydrogen-bond acceptors (Lipinski definition) is 5. The maximum Gasteiger partial charge on any atom is 0.327 e. The van der Waals surface area contributed by atoms with Gasteiger partial charge in [-0.3, -0.25) is 10.1 Å². The topological polar surface area (TPSA) is 88.2 Å². The lowest BCUT2D eigenvalue weighted by Crippen LogP contribution is -2.13. The Kier molecular flexibility index (Phi) is 3.18. The van der Waals surface area contributed by atoms with Crippen molar-refractivity contribution in [1.29, 1.82) is 5.26 Å². The molecule has 0 fully saturated rings. The van der Waals surface area contributed by atoms with Gasteiger partial charge in [-0.25, -0.2) is 0 Å². The molecule has 6 nitrogen and oxygen atoms in total. The molecule has 0 radical (unpaired) electrons. The van der Waals surface area contributed by atoms with Crippen LogP contribution >= 0.6 is 0 Å². The van der Waals surface area contributed by atoms with Gasteiger partial charge in [0.05, 0.1) is 4.92 Å². The standard InChI is InChI=1S/C2H3N3O3/c3-1-4-8-2-5(6)7/h4H,2H2. The van der Waals surface area contributed by atoms with E-state index in [0.717, 1.165) is 0 Å². The van der Waals surface area contributed by atoms with Gasteiger partial charge in [0.2, 0.25) is 6.19 Å². The van der Waals surface area contributed by atoms with Crippen LogP contribution in [0.5, 0.6) is 0 Å². The lowest BCUT2D eigenvalue weighted by atomic mass is 11.3. The second kappa shape index (κ2) is 3.83. The highest BCUT2D eigenvalue weighted by Gasteiger charge is 1.91. The number of hydroxylamine groups is 1. The van der Waals surface area contributed by atoms with Crippen LogP contribution in [0.4, 0.5) is 0 Å². The third-order valence-corrected chi connectivity index (χ3v) is 0.288. The zero-order valence-corrected chi connectivity index (χ0v) is 3.83. The summed E-state index contributed by atoms with van der Waals surface area (Å²) in [5.74, 6) is 0. The number of nitrogens with zero attached hydrogens (tertiary/aromatic N) is 2. The minimum absolute atomic E-state index is 0.701. The predicted octanol–water partition coefficient (Wildman–Crippen LogP) is -0.777. The molecular weight excluding hydrogens is 114 g/mol. The molecule has 44 valence electrons. The Morgan fingerprint density at radius 3 is 3.00 bits per heavy atom. The van der Waals surface area contributed by atoms with E-state index < -0.39 is 11.7 Å². The molecule has 8 heavy (non-hydrogen) atoms. The van der Waals surface area contributed by atoms with Crippen LogP contribution in [-0.4, -0.2) is 11.7 Å². The number of nitro groups is 1. The van der Waals surface area contributed by atoms with Crippen molar-refractivity contribution in [2.75, 3.05) is 6.73 Å². The highest BCUT2D eigenvalue weighted by atomic mass is 16.7. The van der Waals surface area contributed by atoms with Gasteiger partial charge >= 0.3 is 6.73 Å². The molecule has 0 aliphatic carbocycles. The molecule has 0 bridgehead atoms. The Hall–Kier alpha value is -1.35. The molecule has 0 aliphatic heterocycles. The third-order valence-electron chi connectivity index (χ3n) is 0.288. The number of nitriles is 1. The van der Waals surface area contributed by atoms with Gasteiger partial charge in [0.15, 0.2) is 0 Å². The fraction of sp³-hybridized carbons (Fsp3) is 0.500. The molecule has 6 heteroatoms. The summed E-state index contributed by atoms with van der Waals surface area (Å²) in [7, 11) is 0. The minimum Gasteiger partial charge on any atom is -0.262 e. The van der Waals surface area contributed by atoms with Gasteiger partial charge in [-0.1, -0.05) is 0 Å². The Balaban J connectivity index is 2.97. The van der Waals surface area contributed by atoms with Crippen molar-refractivity contribution in [2.45, 2.75) is 0 Å². The van der Waals surface area contributed by atoms with Crippen molar-refractivity contribution < 1.29 is 9.76 Å². The van der Waals surface area contributed by atoms with Crippen LogP contribution in [0.15, 0.2) is 0 Å². The molecule has 0 heterocycles. The Labute approximate surface area is 44.8 Å². The van der Waals surface area contributed by atoms with E-state index in [1.165, 1.54) is 6.19 Å². The van der Waals surface area contributed by atoms with Crippen molar-refractivity contribution in [1.82, 2.24) is 5.48 Å². The van der Waals surface area contributed by atoms with E-state index in [0.29, 0.717) is 0 Å². The summed E-state index contributed by atoms with van der Waals surface area (Å²) in [6, 6.07) is 0. The van der Waals surface area contributed by atoms with Gasteiger partial charge in [-0.2, -0.15) is 15.6 Å². The van der Waals surface area contributed by atoms with Gasteiger partial charge in [-0.15, -0.1) is 0 Å². The van der Waals surface area contributed by atoms with E-state index in [1.54, 1.807) is 5.48 Å². The molecule has 0 saturated heterocycles. The summed E-state index contributed by atoms with van der Waals surface area (Å²) < 4.78 is 0. The average molecular weight is 117 g/mol. The first-order valence-electron chi connectivity index (χ1n) is 1.65. The molecule has 0 aromatic rings. The first kappa shape index (κ1) is 6.65. The normalized spacial score (nSPS) is 7.38. The van der Waals surface area contributed by atoms with Crippen molar-refractivity contribution in [3.05, 3.63) is 10.1 Å². The molecule has 0 aliphatic rings. The van der Waals surface area contributed by atoms with E-state index in [4.69, 9.17) is 5.26 Å². The van der Waals surface area contributed by atoms with E-state index in [2.05, 4.69) is 4.84 Å². The fourth-order valence-electron chi connectivity index (χ4n) is 0.117. The second-order valence-electron chi connectivity index (χ2n) is 0.820. The lowest BCUT2D eigenvalue weighted by Gasteiger charge is -1.88. The first-order valence-corrected chi connectivity index (χ1v) is 1.65. The van der Waals surface area contributed by atoms with Crippen LogP contribution in [0, 0.1) is 21.6 Å². The van der Waals surface area contributed by atoms with E-state index in [-0.39, 0.29) is 0 Å². The summed E-state index contributed by atoms with van der Waals surface area (Å²) >= 11 is 0. The van der Waals surface area contributed by atoms with Gasteiger partial charge in [0.1, 0.15) is 0 Å². The van der Waals surface area contributed by atoms with Crippen LogP contribution in [0.1, 0.15) is 0 Å². The molecule has 0 saturated carbocycles. The summed E-state index contributed by atoms with van der Waals surface area (Å²) in [5.41, 5.74) is 1.64. The van der Waals surface area contributed by atoms with Crippen LogP contribution in [0.3, 0.4) is 0 Å². The van der Waals surface area contributed by atoms with Crippen LogP contribution < -0.4 is 5.48 Å². The molecular formula is C2H3N3O3. The zero-order valence-electron chi connectivity index (χ0n) is 3.83. The van der Waals surface area contributed by atoms with Crippen molar-refractivity contribution in [3.63, 3.8) is 0 Å². The highest BCUT2D eigenvalue weighted by molar-refractivity contribution is 4.52. The summed E-state index contributed by atoms with van der Waals surface area (Å²) in [6.45, 7) is -0.701. The second-order valence-corrected chi connectivity index (χ2v) is 0.820. The van der Waals surface area contributed by atoms with Crippen LogP contribution in [0.25, 0.3) is 0 Å². The molecule has 0 spiro atoms. The predicted molar refractivity (Wildman–Crippen MR) is 21.7 cm³/mol. The Morgan fingerprint density at radius 1 is 2.00 bits per heavy atom. The summed E-state index contributed by atoms with van der Waals surface area (Å²) in [5, 5.41) is 17.1. The maximum atomic E-state index is 9.41. The number of hydrogen-bond donors (Lipinski definition) is 1. The summed E-state index contributed by atoms with van der Waals surface area (Å²) in [4.78, 5) is 12.6. The van der Waals surface area contributed by atoms with E-state index in [1.807, 2.05) is 0 Å². The molecule has 0 unspecified atom stereocenters. The fourth-order valence-corrected chi connectivity index (χ4v) is 0.117. The van der Waals surface area contributed by atoms with Crippen molar-refractivity contribution in [2.24, 2.45) is 0 Å². The average Bonchev–Trinajstić information content (AvgIpc) is 1.66. The molecule has 1 N–H and O–H groups in total. The molecule has 0 rings (SSSR count). The third kappa shape index (κ3) is 4.65. The van der Waals surface area contributed by atoms with E-state index >= 15 is 0 Å². The highest BCUT2D eigenvalue weighted by Crippen LogP contribution is 1.65. The van der Waals surface area contributed by atoms with Gasteiger partial charge in [0.25, 0.3) is 0 Å². The SMILES string of the molecule is N#CNOC[N+](=O)[O-]. The van der Waals surface area contributed by atoms with Crippen LogP contribution in [0.2, 0.25) is 0 Å². The van der Waals surface area contributed by atoms with Crippen molar-refractivity contribution in [3.8, 4) is 6.19 Å². The molecule has 0 amide bonds. The quantitative estimate of drug-likeness (QED) is 0.131. The number of rotatable bonds is 3. The van der Waals surface area contributed by atoms with Crippen LogP contribution in [-0.2, 0) is 4.84 Å². The maximum absolute atomic E-state index is 9.41. The minimum atomic E-state index is -0.704. The smallest absolute Gasteiger partial charge is 0.262 e. The Morgan fingerprint density at radius 2 is 2.62 bits per heavy atom. The molecule has 0 aromatic heterocycles. The monoisotopic (exact) mass is 117 g/mol. The first-order chi connectivity index (χ1) is 3.77. The van der Waals surface area contributed by atoms with Gasteiger partial charge in [0, 0.05) is 0 Å². The largest absolute Gasteiger partial charge is 0.327 e. The number of nitrogens with one attached hydrogen (secondary N) is 1. The van der Waals surface area contributed by atoms with E-state index in [9.17, 15) is 10.1 Å². The van der Waals surface area contributed by atoms with Gasteiger partial charge in [-0.05, 0) is 0 Å². The summed E-state index contributed by atoms with van der Waals surface area (Å²) in [6.07, 6.45) is 1.35. The molecule has 0 atom stereocenters. The molecule has 0 aromatic carbocycles. The zero-order chi connectivity index (χ0) is 6.41. The lowest BCUT2D eigenvalue weighted by molar-refractivity contribution is -0.531. The van der Waals surface area contributed by atoms with Crippen molar-refractivity contribution >= 4 is 0 Å². The van der Waals surface area contributed by atoms with Gasteiger partial charge < -0.3 is 0 Å².